The predicted octanol–water partition coefficient (Wildman–Crippen LogP) is 12.6. The minimum atomic E-state index is 0.0965. The van der Waals surface area contributed by atoms with Gasteiger partial charge in [-0.1, -0.05) is 164 Å². The number of nitrogens with zero attached hydrogens (tertiary/aromatic N) is 4. The summed E-state index contributed by atoms with van der Waals surface area (Å²) in [6.07, 6.45) is 4.46. The number of furan rings is 1. The molecule has 5 nitrogen and oxygen atoms in total. The Kier molecular flexibility index (Phi) is 7.56. The first-order valence-electron chi connectivity index (χ1n) is 19.0. The lowest BCUT2D eigenvalue weighted by Crippen LogP contribution is -2.30. The highest BCUT2D eigenvalue weighted by Crippen LogP contribution is 2.54. The van der Waals surface area contributed by atoms with Crippen LogP contribution in [-0.4, -0.2) is 21.0 Å². The Morgan fingerprint density at radius 3 is 1.70 bits per heavy atom. The normalized spacial score (nSPS) is 15.4. The lowest BCUT2D eigenvalue weighted by Gasteiger charge is -2.30. The molecule has 2 atom stereocenters. The predicted molar refractivity (Wildman–Crippen MR) is 226 cm³/mol. The average molecular weight is 719 g/mol. The molecule has 2 unspecified atom stereocenters. The molecule has 0 saturated heterocycles. The van der Waals surface area contributed by atoms with E-state index in [1.165, 1.54) is 39.2 Å². The number of anilines is 2. The van der Waals surface area contributed by atoms with E-state index in [-0.39, 0.29) is 12.0 Å². The molecule has 0 spiro atoms. The molecule has 0 radical (unpaired) electrons. The molecule has 1 aliphatic carbocycles. The van der Waals surface area contributed by atoms with Crippen LogP contribution in [0.25, 0.3) is 73.5 Å². The Labute approximate surface area is 324 Å². The van der Waals surface area contributed by atoms with Gasteiger partial charge in [-0.2, -0.15) is 0 Å². The van der Waals surface area contributed by atoms with Crippen molar-refractivity contribution in [1.29, 1.82) is 0 Å². The number of rotatable bonds is 6. The van der Waals surface area contributed by atoms with Gasteiger partial charge in [0.05, 0.1) is 6.04 Å². The quantitative estimate of drug-likeness (QED) is 0.171. The Bertz CT molecular complexity index is 2920. The lowest BCUT2D eigenvalue weighted by atomic mass is 9.82. The molecule has 9 aromatic rings. The van der Waals surface area contributed by atoms with Crippen LogP contribution in [0.2, 0.25) is 0 Å². The van der Waals surface area contributed by atoms with Gasteiger partial charge in [0.1, 0.15) is 11.3 Å². The van der Waals surface area contributed by atoms with Crippen LogP contribution in [0.3, 0.4) is 0 Å². The van der Waals surface area contributed by atoms with E-state index in [1.807, 2.05) is 36.4 Å². The van der Waals surface area contributed by atoms with Crippen LogP contribution >= 0.6 is 0 Å². The first-order chi connectivity index (χ1) is 27.7. The third-order valence-corrected chi connectivity index (χ3v) is 11.1. The van der Waals surface area contributed by atoms with Gasteiger partial charge >= 0.3 is 0 Å². The Morgan fingerprint density at radius 2 is 0.982 bits per heavy atom. The number of hydrogen-bond acceptors (Lipinski definition) is 5. The number of fused-ring (bicyclic) bond motifs is 7. The summed E-state index contributed by atoms with van der Waals surface area (Å²) in [7, 11) is 0. The van der Waals surface area contributed by atoms with Gasteiger partial charge in [0.25, 0.3) is 0 Å². The van der Waals surface area contributed by atoms with Crippen molar-refractivity contribution >= 4 is 28.4 Å². The highest BCUT2D eigenvalue weighted by atomic mass is 16.3. The molecule has 2 aliphatic rings. The molecular formula is C51H34N4O. The van der Waals surface area contributed by atoms with Crippen molar-refractivity contribution in [3.63, 3.8) is 0 Å². The van der Waals surface area contributed by atoms with E-state index >= 15 is 0 Å². The third-order valence-electron chi connectivity index (χ3n) is 11.1. The number of benzene rings is 7. The van der Waals surface area contributed by atoms with Gasteiger partial charge in [0.2, 0.25) is 0 Å². The second kappa shape index (κ2) is 13.2. The molecule has 2 aromatic heterocycles. The van der Waals surface area contributed by atoms with Gasteiger partial charge in [-0.3, -0.25) is 0 Å². The Hall–Kier alpha value is -7.37. The van der Waals surface area contributed by atoms with E-state index in [2.05, 4.69) is 163 Å². The molecule has 5 heteroatoms. The summed E-state index contributed by atoms with van der Waals surface area (Å²) in [6, 6.07) is 63.7. The van der Waals surface area contributed by atoms with E-state index < -0.39 is 0 Å². The molecule has 0 amide bonds. The third kappa shape index (κ3) is 5.44. The minimum Gasteiger partial charge on any atom is -0.456 e. The summed E-state index contributed by atoms with van der Waals surface area (Å²) in [4.78, 5) is 17.5. The van der Waals surface area contributed by atoms with Gasteiger partial charge in [-0.05, 0) is 58.2 Å². The zero-order chi connectivity index (χ0) is 37.0. The van der Waals surface area contributed by atoms with E-state index in [0.717, 1.165) is 39.0 Å². The van der Waals surface area contributed by atoms with E-state index in [4.69, 9.17) is 19.4 Å². The van der Waals surface area contributed by atoms with Crippen molar-refractivity contribution in [1.82, 2.24) is 15.0 Å². The fraction of sp³-hybridized carbons (Fsp3) is 0.0392. The van der Waals surface area contributed by atoms with Gasteiger partial charge in [-0.15, -0.1) is 0 Å². The van der Waals surface area contributed by atoms with Gasteiger partial charge in [-0.25, -0.2) is 15.0 Å². The first-order valence-corrected chi connectivity index (χ1v) is 19.0. The van der Waals surface area contributed by atoms with Gasteiger partial charge in [0, 0.05) is 44.9 Å². The number of para-hydroxylation sites is 1. The van der Waals surface area contributed by atoms with Crippen molar-refractivity contribution in [2.24, 2.45) is 0 Å². The van der Waals surface area contributed by atoms with E-state index in [0.29, 0.717) is 17.5 Å². The topological polar surface area (TPSA) is 55.1 Å². The van der Waals surface area contributed by atoms with Crippen molar-refractivity contribution in [2.45, 2.75) is 12.0 Å². The number of hydrogen-bond donors (Lipinski definition) is 0. The van der Waals surface area contributed by atoms with E-state index in [9.17, 15) is 0 Å². The highest BCUT2D eigenvalue weighted by molar-refractivity contribution is 5.92. The van der Waals surface area contributed by atoms with Gasteiger partial charge < -0.3 is 9.32 Å². The summed E-state index contributed by atoms with van der Waals surface area (Å²) in [5.74, 6) is 2.85. The van der Waals surface area contributed by atoms with E-state index in [1.54, 1.807) is 0 Å². The smallest absolute Gasteiger partial charge is 0.164 e. The van der Waals surface area contributed by atoms with Crippen molar-refractivity contribution in [3.05, 3.63) is 205 Å². The largest absolute Gasteiger partial charge is 0.456 e. The van der Waals surface area contributed by atoms with Crippen LogP contribution in [0, 0.1) is 0 Å². The maximum absolute atomic E-state index is 6.70. The molecular weight excluding hydrogens is 685 g/mol. The summed E-state index contributed by atoms with van der Waals surface area (Å²) < 4.78 is 6.70. The molecule has 7 aromatic carbocycles. The fourth-order valence-electron chi connectivity index (χ4n) is 8.46. The standard InChI is InChI=1S/C51H34N4O/c1-4-13-33(14-5-1)35-23-25-37(26-24-35)50-52-49(36-17-8-3-9-18-36)53-51(54-50)39-27-28-42-46(32-39)56-45-30-29-44-47(48(42)45)41-21-10-11-22-43(41)55(44)40-20-12-19-38(31-40)34-15-6-2-7-16-34/h1-32,44,47H. The molecule has 0 N–H and O–H groups in total. The molecule has 1 aliphatic heterocycles. The molecule has 3 heterocycles. The van der Waals surface area contributed by atoms with Crippen LogP contribution in [0.4, 0.5) is 11.4 Å². The average Bonchev–Trinajstić information content (AvgIpc) is 3.82. The molecule has 264 valence electrons. The molecule has 0 fully saturated rings. The second-order valence-corrected chi connectivity index (χ2v) is 14.4. The number of aromatic nitrogens is 3. The van der Waals surface area contributed by atoms with Crippen LogP contribution in [-0.2, 0) is 0 Å². The highest BCUT2D eigenvalue weighted by Gasteiger charge is 2.43. The molecule has 11 rings (SSSR count). The molecule has 56 heavy (non-hydrogen) atoms. The molecule has 0 saturated carbocycles. The van der Waals surface area contributed by atoms with Crippen LogP contribution < -0.4 is 4.90 Å². The first kappa shape index (κ1) is 32.1. The van der Waals surface area contributed by atoms with Crippen molar-refractivity contribution < 1.29 is 4.42 Å². The SMILES string of the molecule is C1=CC2C(c3ccccc3N2c2cccc(-c3ccccc3)c2)c2c1oc1cc(-c3nc(-c4ccccc4)nc(-c4ccc(-c5ccccc5)cc4)n3)ccc21. The summed E-state index contributed by atoms with van der Waals surface area (Å²) >= 11 is 0. The van der Waals surface area contributed by atoms with Crippen LogP contribution in [0.15, 0.2) is 192 Å². The minimum absolute atomic E-state index is 0.0965. The zero-order valence-corrected chi connectivity index (χ0v) is 30.3. The Morgan fingerprint density at radius 1 is 0.446 bits per heavy atom. The second-order valence-electron chi connectivity index (χ2n) is 14.4. The lowest BCUT2D eigenvalue weighted by molar-refractivity contribution is 0.584. The van der Waals surface area contributed by atoms with Gasteiger partial charge in [0.15, 0.2) is 17.5 Å². The van der Waals surface area contributed by atoms with Crippen molar-refractivity contribution in [2.75, 3.05) is 4.90 Å². The monoisotopic (exact) mass is 718 g/mol. The Balaban J connectivity index is 0.990. The summed E-state index contributed by atoms with van der Waals surface area (Å²) in [5, 5.41) is 1.10. The fourth-order valence-corrected chi connectivity index (χ4v) is 8.46. The zero-order valence-electron chi connectivity index (χ0n) is 30.3. The maximum atomic E-state index is 6.70. The summed E-state index contributed by atoms with van der Waals surface area (Å²) in [5.41, 5.74) is 13.2. The van der Waals surface area contributed by atoms with Crippen LogP contribution in [0.5, 0.6) is 0 Å². The van der Waals surface area contributed by atoms with Crippen LogP contribution in [0.1, 0.15) is 22.8 Å². The summed E-state index contributed by atoms with van der Waals surface area (Å²) in [6.45, 7) is 0. The maximum Gasteiger partial charge on any atom is 0.164 e. The molecule has 0 bridgehead atoms. The van der Waals surface area contributed by atoms with Crippen molar-refractivity contribution in [3.8, 4) is 56.4 Å².